The summed E-state index contributed by atoms with van der Waals surface area (Å²) < 4.78 is 5.33. The van der Waals surface area contributed by atoms with Gasteiger partial charge in [0.25, 0.3) is 5.91 Å². The van der Waals surface area contributed by atoms with Crippen molar-refractivity contribution in [2.24, 2.45) is 5.73 Å². The number of rotatable bonds is 5. The molecule has 0 saturated carbocycles. The van der Waals surface area contributed by atoms with Gasteiger partial charge in [-0.3, -0.25) is 4.79 Å². The highest BCUT2D eigenvalue weighted by Crippen LogP contribution is 2.17. The van der Waals surface area contributed by atoms with E-state index in [1.807, 2.05) is 6.07 Å². The van der Waals surface area contributed by atoms with Gasteiger partial charge in [-0.15, -0.1) is 0 Å². The topological polar surface area (TPSA) is 117 Å². The Morgan fingerprint density at radius 2 is 1.65 bits per heavy atom. The van der Waals surface area contributed by atoms with Crippen LogP contribution in [0.3, 0.4) is 0 Å². The van der Waals surface area contributed by atoms with Crippen molar-refractivity contribution in [2.75, 3.05) is 17.2 Å². The molecule has 0 aromatic heterocycles. The summed E-state index contributed by atoms with van der Waals surface area (Å²) in [5.41, 5.74) is 6.43. The second-order valence-corrected chi connectivity index (χ2v) is 4.51. The highest BCUT2D eigenvalue weighted by molar-refractivity contribution is 5.92. The molecule has 7 nitrogen and oxygen atoms in total. The lowest BCUT2D eigenvalue weighted by molar-refractivity contribution is -0.118. The quantitative estimate of drug-likeness (QED) is 0.783. The van der Waals surface area contributed by atoms with Crippen LogP contribution in [0.5, 0.6) is 5.75 Å². The van der Waals surface area contributed by atoms with Gasteiger partial charge in [0.1, 0.15) is 11.8 Å². The van der Waals surface area contributed by atoms with Crippen LogP contribution in [0.1, 0.15) is 5.56 Å². The first-order valence-electron chi connectivity index (χ1n) is 6.67. The zero-order chi connectivity index (χ0) is 16.7. The number of amides is 3. The largest absolute Gasteiger partial charge is 0.482 e. The molecule has 0 aliphatic heterocycles. The molecular weight excluding hydrogens is 296 g/mol. The first kappa shape index (κ1) is 15.9. The molecule has 0 atom stereocenters. The van der Waals surface area contributed by atoms with Crippen LogP contribution in [-0.2, 0) is 4.79 Å². The first-order chi connectivity index (χ1) is 11.1. The fourth-order valence-corrected chi connectivity index (χ4v) is 1.80. The third-order valence-corrected chi connectivity index (χ3v) is 2.80. The van der Waals surface area contributed by atoms with Crippen molar-refractivity contribution in [3.8, 4) is 11.8 Å². The minimum atomic E-state index is -0.661. The van der Waals surface area contributed by atoms with E-state index in [0.717, 1.165) is 0 Å². The summed E-state index contributed by atoms with van der Waals surface area (Å²) in [5, 5.41) is 14.0. The van der Waals surface area contributed by atoms with Crippen molar-refractivity contribution in [1.82, 2.24) is 0 Å². The van der Waals surface area contributed by atoms with Gasteiger partial charge in [0.05, 0.1) is 5.56 Å². The third kappa shape index (κ3) is 4.75. The maximum Gasteiger partial charge on any atom is 0.316 e. The van der Waals surface area contributed by atoms with E-state index in [4.69, 9.17) is 15.7 Å². The number of primary amides is 1. The number of urea groups is 1. The second-order valence-electron chi connectivity index (χ2n) is 4.51. The number of hydrogen-bond donors (Lipinski definition) is 3. The summed E-state index contributed by atoms with van der Waals surface area (Å²) in [6, 6.07) is 14.4. The van der Waals surface area contributed by atoms with Gasteiger partial charge >= 0.3 is 6.03 Å². The standard InChI is InChI=1S/C16H14N4O3/c17-9-11-3-1-2-4-14(11)23-10-15(21)19-12-5-7-13(8-6-12)20-16(18)22/h1-8H,10H2,(H,19,21)(H3,18,20,22). The van der Waals surface area contributed by atoms with Gasteiger partial charge in [-0.1, -0.05) is 12.1 Å². The number of anilines is 2. The number of nitrogens with zero attached hydrogens (tertiary/aromatic N) is 1. The molecular formula is C16H14N4O3. The Morgan fingerprint density at radius 3 is 2.26 bits per heavy atom. The highest BCUT2D eigenvalue weighted by Gasteiger charge is 2.07. The monoisotopic (exact) mass is 310 g/mol. The lowest BCUT2D eigenvalue weighted by Crippen LogP contribution is -2.21. The molecule has 3 amide bonds. The van der Waals surface area contributed by atoms with Crippen LogP contribution in [0.15, 0.2) is 48.5 Å². The van der Waals surface area contributed by atoms with E-state index in [1.165, 1.54) is 0 Å². The van der Waals surface area contributed by atoms with Crippen LogP contribution in [0.25, 0.3) is 0 Å². The van der Waals surface area contributed by atoms with E-state index in [0.29, 0.717) is 22.7 Å². The van der Waals surface area contributed by atoms with Crippen LogP contribution >= 0.6 is 0 Å². The van der Waals surface area contributed by atoms with Gasteiger partial charge in [-0.25, -0.2) is 4.79 Å². The van der Waals surface area contributed by atoms with E-state index < -0.39 is 6.03 Å². The number of ether oxygens (including phenoxy) is 1. The lowest BCUT2D eigenvalue weighted by atomic mass is 10.2. The van der Waals surface area contributed by atoms with Crippen molar-refractivity contribution in [3.63, 3.8) is 0 Å². The smallest absolute Gasteiger partial charge is 0.316 e. The molecule has 23 heavy (non-hydrogen) atoms. The molecule has 0 aliphatic carbocycles. The Hall–Kier alpha value is -3.53. The molecule has 0 fully saturated rings. The predicted octanol–water partition coefficient (Wildman–Crippen LogP) is 2.07. The Morgan fingerprint density at radius 1 is 1.04 bits per heavy atom. The highest BCUT2D eigenvalue weighted by atomic mass is 16.5. The van der Waals surface area contributed by atoms with Gasteiger partial charge in [-0.2, -0.15) is 5.26 Å². The van der Waals surface area contributed by atoms with Crippen LogP contribution in [0, 0.1) is 11.3 Å². The minimum absolute atomic E-state index is 0.222. The van der Waals surface area contributed by atoms with E-state index in [-0.39, 0.29) is 12.5 Å². The summed E-state index contributed by atoms with van der Waals surface area (Å²) in [6.45, 7) is -0.222. The van der Waals surface area contributed by atoms with Crippen molar-refractivity contribution >= 4 is 23.3 Å². The van der Waals surface area contributed by atoms with Crippen LogP contribution < -0.4 is 21.1 Å². The van der Waals surface area contributed by atoms with Crippen molar-refractivity contribution in [2.45, 2.75) is 0 Å². The lowest BCUT2D eigenvalue weighted by Gasteiger charge is -2.09. The molecule has 0 bridgehead atoms. The average molecular weight is 310 g/mol. The van der Waals surface area contributed by atoms with Crippen molar-refractivity contribution in [3.05, 3.63) is 54.1 Å². The van der Waals surface area contributed by atoms with Crippen LogP contribution in [-0.4, -0.2) is 18.5 Å². The molecule has 0 saturated heterocycles. The molecule has 0 aliphatic rings. The average Bonchev–Trinajstić information content (AvgIpc) is 2.54. The number of hydrogen-bond acceptors (Lipinski definition) is 4. The summed E-state index contributed by atoms with van der Waals surface area (Å²) >= 11 is 0. The second kappa shape index (κ2) is 7.47. The third-order valence-electron chi connectivity index (χ3n) is 2.80. The zero-order valence-corrected chi connectivity index (χ0v) is 12.1. The molecule has 0 spiro atoms. The molecule has 4 N–H and O–H groups in total. The Bertz CT molecular complexity index is 751. The number of carbonyl (C=O) groups is 2. The Balaban J connectivity index is 1.90. The number of nitrogens with two attached hydrogens (primary N) is 1. The van der Waals surface area contributed by atoms with Gasteiger partial charge in [0, 0.05) is 11.4 Å². The number of para-hydroxylation sites is 1. The summed E-state index contributed by atoms with van der Waals surface area (Å²) in [6.07, 6.45) is 0. The van der Waals surface area contributed by atoms with Crippen molar-refractivity contribution in [1.29, 1.82) is 5.26 Å². The van der Waals surface area contributed by atoms with Gasteiger partial charge in [0.2, 0.25) is 0 Å². The molecule has 0 unspecified atom stereocenters. The van der Waals surface area contributed by atoms with Gasteiger partial charge < -0.3 is 21.1 Å². The fourth-order valence-electron chi connectivity index (χ4n) is 1.80. The van der Waals surface area contributed by atoms with Crippen LogP contribution in [0.2, 0.25) is 0 Å². The summed E-state index contributed by atoms with van der Waals surface area (Å²) in [7, 11) is 0. The van der Waals surface area contributed by atoms with Gasteiger partial charge in [-0.05, 0) is 36.4 Å². The van der Waals surface area contributed by atoms with E-state index in [1.54, 1.807) is 48.5 Å². The molecule has 0 heterocycles. The maximum absolute atomic E-state index is 11.8. The summed E-state index contributed by atoms with van der Waals surface area (Å²) in [4.78, 5) is 22.5. The number of benzene rings is 2. The van der Waals surface area contributed by atoms with Gasteiger partial charge in [0.15, 0.2) is 6.61 Å². The molecule has 2 rings (SSSR count). The van der Waals surface area contributed by atoms with Crippen molar-refractivity contribution < 1.29 is 14.3 Å². The molecule has 2 aromatic carbocycles. The fraction of sp³-hybridized carbons (Fsp3) is 0.0625. The van der Waals surface area contributed by atoms with E-state index in [9.17, 15) is 9.59 Å². The van der Waals surface area contributed by atoms with E-state index in [2.05, 4.69) is 10.6 Å². The van der Waals surface area contributed by atoms with E-state index >= 15 is 0 Å². The number of carbonyl (C=O) groups excluding carboxylic acids is 2. The predicted molar refractivity (Wildman–Crippen MR) is 84.9 cm³/mol. The molecule has 116 valence electrons. The molecule has 2 aromatic rings. The minimum Gasteiger partial charge on any atom is -0.482 e. The Kier molecular flexibility index (Phi) is 5.15. The maximum atomic E-state index is 11.8. The van der Waals surface area contributed by atoms with Crippen LogP contribution in [0.4, 0.5) is 16.2 Å². The zero-order valence-electron chi connectivity index (χ0n) is 12.1. The first-order valence-corrected chi connectivity index (χ1v) is 6.67. The SMILES string of the molecule is N#Cc1ccccc1OCC(=O)Nc1ccc(NC(N)=O)cc1. The molecule has 7 heteroatoms. The normalized spacial score (nSPS) is 9.52. The molecule has 0 radical (unpaired) electrons. The Labute approximate surface area is 132 Å². The number of nitrogens with one attached hydrogen (secondary N) is 2. The number of nitriles is 1. The summed E-state index contributed by atoms with van der Waals surface area (Å²) in [5.74, 6) is -0.0143.